The van der Waals surface area contributed by atoms with Crippen molar-refractivity contribution in [1.29, 1.82) is 0 Å². The number of carbonyl (C=O) groups is 1. The van der Waals surface area contributed by atoms with Gasteiger partial charge in [-0.25, -0.2) is 0 Å². The predicted molar refractivity (Wildman–Crippen MR) is 122 cm³/mol. The minimum atomic E-state index is -0.717. The molecule has 4 rings (SSSR count). The molecule has 0 amide bonds. The van der Waals surface area contributed by atoms with Crippen LogP contribution in [0.4, 0.5) is 0 Å². The van der Waals surface area contributed by atoms with Gasteiger partial charge in [-0.05, 0) is 53.6 Å². The number of aryl methyl sites for hydroxylation is 1. The van der Waals surface area contributed by atoms with E-state index in [1.54, 1.807) is 0 Å². The molecule has 3 heteroatoms. The van der Waals surface area contributed by atoms with Crippen LogP contribution in [0.1, 0.15) is 48.9 Å². The molecule has 2 atom stereocenters. The summed E-state index contributed by atoms with van der Waals surface area (Å²) < 4.78 is 0. The lowest BCUT2D eigenvalue weighted by atomic mass is 9.90. The van der Waals surface area contributed by atoms with Crippen LogP contribution in [0.15, 0.2) is 78.9 Å². The van der Waals surface area contributed by atoms with Crippen molar-refractivity contribution in [1.82, 2.24) is 4.90 Å². The normalized spacial score (nSPS) is 18.1. The average molecular weight is 400 g/mol. The molecule has 0 bridgehead atoms. The molecule has 0 spiro atoms. The summed E-state index contributed by atoms with van der Waals surface area (Å²) in [5, 5.41) is 9.88. The van der Waals surface area contributed by atoms with Crippen LogP contribution in [0.2, 0.25) is 0 Å². The van der Waals surface area contributed by atoms with E-state index in [4.69, 9.17) is 0 Å². The Morgan fingerprint density at radius 1 is 0.900 bits per heavy atom. The second-order valence-corrected chi connectivity index (χ2v) is 8.07. The first-order chi connectivity index (χ1) is 14.7. The van der Waals surface area contributed by atoms with E-state index in [0.29, 0.717) is 6.42 Å². The zero-order valence-electron chi connectivity index (χ0n) is 17.5. The fourth-order valence-corrected chi connectivity index (χ4v) is 4.53. The number of rotatable bonds is 6. The monoisotopic (exact) mass is 399 g/mol. The first-order valence-electron chi connectivity index (χ1n) is 10.9. The van der Waals surface area contributed by atoms with Gasteiger partial charge in [0.15, 0.2) is 0 Å². The molecule has 2 unspecified atom stereocenters. The molecule has 0 aromatic heterocycles. The Balaban J connectivity index is 1.73. The molecule has 154 valence electrons. The maximum atomic E-state index is 12.0. The molecule has 1 fully saturated rings. The summed E-state index contributed by atoms with van der Waals surface area (Å²) in [6.07, 6.45) is 3.72. The second kappa shape index (κ2) is 9.27. The summed E-state index contributed by atoms with van der Waals surface area (Å²) in [5.74, 6) is -0.717. The van der Waals surface area contributed by atoms with Crippen molar-refractivity contribution in [2.24, 2.45) is 0 Å². The number of hydrogen-bond acceptors (Lipinski definition) is 2. The molecular weight excluding hydrogens is 370 g/mol. The van der Waals surface area contributed by atoms with E-state index in [0.717, 1.165) is 36.9 Å². The van der Waals surface area contributed by atoms with Crippen molar-refractivity contribution in [2.45, 2.75) is 44.7 Å². The number of carboxylic acid groups (broad SMARTS) is 1. The quantitative estimate of drug-likeness (QED) is 0.557. The number of aliphatic carboxylic acids is 1. The summed E-state index contributed by atoms with van der Waals surface area (Å²) in [7, 11) is 0. The summed E-state index contributed by atoms with van der Waals surface area (Å²) in [6, 6.07) is 27.1. The van der Waals surface area contributed by atoms with Crippen molar-refractivity contribution in [2.75, 3.05) is 6.54 Å². The van der Waals surface area contributed by atoms with Crippen LogP contribution in [0.5, 0.6) is 0 Å². The first kappa shape index (κ1) is 20.4. The Morgan fingerprint density at radius 2 is 1.50 bits per heavy atom. The predicted octanol–water partition coefficient (Wildman–Crippen LogP) is 5.94. The van der Waals surface area contributed by atoms with Crippen molar-refractivity contribution < 1.29 is 9.90 Å². The number of carboxylic acids is 1. The zero-order valence-corrected chi connectivity index (χ0v) is 17.5. The molecule has 3 aromatic carbocycles. The third-order valence-corrected chi connectivity index (χ3v) is 6.20. The van der Waals surface area contributed by atoms with Gasteiger partial charge in [-0.15, -0.1) is 0 Å². The molecule has 3 aromatic rings. The van der Waals surface area contributed by atoms with Gasteiger partial charge >= 0.3 is 5.97 Å². The van der Waals surface area contributed by atoms with E-state index >= 15 is 0 Å². The van der Waals surface area contributed by atoms with Gasteiger partial charge in [0, 0.05) is 0 Å². The van der Waals surface area contributed by atoms with Gasteiger partial charge in [0.1, 0.15) is 6.04 Å². The Kier molecular flexibility index (Phi) is 6.29. The van der Waals surface area contributed by atoms with Gasteiger partial charge in [0.05, 0.1) is 6.04 Å². The molecule has 1 aliphatic rings. The summed E-state index contributed by atoms with van der Waals surface area (Å²) in [5.41, 5.74) is 5.97. The fourth-order valence-electron chi connectivity index (χ4n) is 4.53. The van der Waals surface area contributed by atoms with E-state index in [2.05, 4.69) is 72.5 Å². The SMILES string of the molecule is CCc1ccc(C(c2ccc(-c3ccccc3)cc2)N2CCCCC2C(=O)O)cc1. The number of benzene rings is 3. The highest BCUT2D eigenvalue weighted by molar-refractivity contribution is 5.74. The molecule has 0 aliphatic carbocycles. The van der Waals surface area contributed by atoms with Crippen molar-refractivity contribution in [3.8, 4) is 11.1 Å². The van der Waals surface area contributed by atoms with E-state index in [9.17, 15) is 9.90 Å². The van der Waals surface area contributed by atoms with Crippen LogP contribution >= 0.6 is 0 Å². The van der Waals surface area contributed by atoms with Crippen molar-refractivity contribution in [3.63, 3.8) is 0 Å². The van der Waals surface area contributed by atoms with Crippen LogP contribution < -0.4 is 0 Å². The van der Waals surface area contributed by atoms with Gasteiger partial charge in [-0.1, -0.05) is 92.2 Å². The maximum absolute atomic E-state index is 12.0. The Hall–Kier alpha value is -2.91. The molecule has 3 nitrogen and oxygen atoms in total. The third kappa shape index (κ3) is 4.31. The van der Waals surface area contributed by atoms with Crippen molar-refractivity contribution in [3.05, 3.63) is 95.6 Å². The van der Waals surface area contributed by atoms with Crippen LogP contribution in [0, 0.1) is 0 Å². The first-order valence-corrected chi connectivity index (χ1v) is 10.9. The maximum Gasteiger partial charge on any atom is 0.320 e. The smallest absolute Gasteiger partial charge is 0.320 e. The molecular formula is C27H29NO2. The van der Waals surface area contributed by atoms with E-state index in [1.165, 1.54) is 16.7 Å². The molecule has 1 saturated heterocycles. The van der Waals surface area contributed by atoms with Crippen LogP contribution in [-0.4, -0.2) is 28.6 Å². The topological polar surface area (TPSA) is 40.5 Å². The molecule has 0 radical (unpaired) electrons. The van der Waals surface area contributed by atoms with Crippen LogP contribution in [0.25, 0.3) is 11.1 Å². The van der Waals surface area contributed by atoms with E-state index in [1.807, 2.05) is 18.2 Å². The lowest BCUT2D eigenvalue weighted by Gasteiger charge is -2.39. The fraction of sp³-hybridized carbons (Fsp3) is 0.296. The number of nitrogens with zero attached hydrogens (tertiary/aromatic N) is 1. The number of hydrogen-bond donors (Lipinski definition) is 1. The highest BCUT2D eigenvalue weighted by atomic mass is 16.4. The Morgan fingerprint density at radius 3 is 2.10 bits per heavy atom. The average Bonchev–Trinajstić information content (AvgIpc) is 2.81. The Bertz CT molecular complexity index is 964. The zero-order chi connectivity index (χ0) is 20.9. The summed E-state index contributed by atoms with van der Waals surface area (Å²) >= 11 is 0. The summed E-state index contributed by atoms with van der Waals surface area (Å²) in [6.45, 7) is 2.96. The molecule has 1 N–H and O–H groups in total. The van der Waals surface area contributed by atoms with Gasteiger partial charge in [-0.2, -0.15) is 0 Å². The van der Waals surface area contributed by atoms with Gasteiger partial charge in [-0.3, -0.25) is 9.69 Å². The number of likely N-dealkylation sites (tertiary alicyclic amines) is 1. The lowest BCUT2D eigenvalue weighted by Crippen LogP contribution is -2.46. The van der Waals surface area contributed by atoms with E-state index in [-0.39, 0.29) is 6.04 Å². The number of piperidine rings is 1. The van der Waals surface area contributed by atoms with Gasteiger partial charge in [0.25, 0.3) is 0 Å². The minimum Gasteiger partial charge on any atom is -0.480 e. The summed E-state index contributed by atoms with van der Waals surface area (Å²) in [4.78, 5) is 14.2. The third-order valence-electron chi connectivity index (χ3n) is 6.20. The van der Waals surface area contributed by atoms with Gasteiger partial charge in [0.2, 0.25) is 0 Å². The van der Waals surface area contributed by atoms with E-state index < -0.39 is 12.0 Å². The largest absolute Gasteiger partial charge is 0.480 e. The highest BCUT2D eigenvalue weighted by Gasteiger charge is 2.35. The minimum absolute atomic E-state index is 0.0536. The van der Waals surface area contributed by atoms with Crippen molar-refractivity contribution >= 4 is 5.97 Å². The molecule has 30 heavy (non-hydrogen) atoms. The van der Waals surface area contributed by atoms with Crippen LogP contribution in [-0.2, 0) is 11.2 Å². The highest BCUT2D eigenvalue weighted by Crippen LogP contribution is 2.35. The van der Waals surface area contributed by atoms with Crippen LogP contribution in [0.3, 0.4) is 0 Å². The molecule has 0 saturated carbocycles. The Labute approximate surface area is 179 Å². The lowest BCUT2D eigenvalue weighted by molar-refractivity contribution is -0.145. The molecule has 1 heterocycles. The standard InChI is InChI=1S/C27H29NO2/c1-2-20-11-13-23(14-12-20)26(28-19-7-6-10-25(28)27(29)30)24-17-15-22(16-18-24)21-8-4-3-5-9-21/h3-5,8-9,11-18,25-26H,2,6-7,10,19H2,1H3,(H,29,30). The second-order valence-electron chi connectivity index (χ2n) is 8.07. The molecule has 1 aliphatic heterocycles. The van der Waals surface area contributed by atoms with Gasteiger partial charge < -0.3 is 5.11 Å².